The van der Waals surface area contributed by atoms with Crippen molar-refractivity contribution < 1.29 is 9.66 Å². The van der Waals surface area contributed by atoms with E-state index in [1.54, 1.807) is 0 Å². The summed E-state index contributed by atoms with van der Waals surface area (Å²) in [6, 6.07) is 2.83. The van der Waals surface area contributed by atoms with Gasteiger partial charge in [0.05, 0.1) is 17.2 Å². The van der Waals surface area contributed by atoms with Gasteiger partial charge in [0.2, 0.25) is 5.82 Å². The molecule has 0 atom stereocenters. The summed E-state index contributed by atoms with van der Waals surface area (Å²) in [7, 11) is 1.51. The van der Waals surface area contributed by atoms with Gasteiger partial charge in [0.25, 0.3) is 0 Å². The molecule has 0 spiro atoms. The van der Waals surface area contributed by atoms with Crippen molar-refractivity contribution >= 4 is 11.5 Å². The maximum atomic E-state index is 10.3. The number of nitrogen functional groups attached to an aromatic ring is 1. The minimum Gasteiger partial charge on any atom is -0.378 e. The molecule has 0 amide bonds. The van der Waals surface area contributed by atoms with E-state index < -0.39 is 4.92 Å². The zero-order valence-corrected chi connectivity index (χ0v) is 7.06. The van der Waals surface area contributed by atoms with Crippen LogP contribution < -0.4 is 5.73 Å². The van der Waals surface area contributed by atoms with Crippen LogP contribution in [0.25, 0.3) is 0 Å². The molecule has 2 N–H and O–H groups in total. The molecule has 0 aliphatic carbocycles. The lowest BCUT2D eigenvalue weighted by Gasteiger charge is -2.00. The number of pyridine rings is 1. The normalized spacial score (nSPS) is 9.92. The summed E-state index contributed by atoms with van der Waals surface area (Å²) in [5.41, 5.74) is 5.74. The molecule has 0 radical (unpaired) electrons. The average Bonchev–Trinajstić information content (AvgIpc) is 2.04. The van der Waals surface area contributed by atoms with E-state index in [-0.39, 0.29) is 11.5 Å². The van der Waals surface area contributed by atoms with Crippen LogP contribution in [0.4, 0.5) is 11.5 Å². The third-order valence-electron chi connectivity index (χ3n) is 1.45. The number of ether oxygens (including phenoxy) is 1. The van der Waals surface area contributed by atoms with Crippen LogP contribution in [0.2, 0.25) is 0 Å². The van der Waals surface area contributed by atoms with Crippen molar-refractivity contribution in [2.45, 2.75) is 6.61 Å². The second kappa shape index (κ2) is 3.81. The predicted molar refractivity (Wildman–Crippen MR) is 46.0 cm³/mol. The zero-order valence-electron chi connectivity index (χ0n) is 7.06. The minimum atomic E-state index is -0.571. The smallest absolute Gasteiger partial charge is 0.311 e. The summed E-state index contributed by atoms with van der Waals surface area (Å²) >= 11 is 0. The highest BCUT2D eigenvalue weighted by molar-refractivity contribution is 5.52. The first-order chi connectivity index (χ1) is 6.15. The first kappa shape index (κ1) is 9.40. The van der Waals surface area contributed by atoms with Crippen molar-refractivity contribution in [2.75, 3.05) is 12.8 Å². The Morgan fingerprint density at radius 1 is 1.69 bits per heavy atom. The van der Waals surface area contributed by atoms with E-state index >= 15 is 0 Å². The number of rotatable bonds is 3. The van der Waals surface area contributed by atoms with Crippen LogP contribution in [-0.2, 0) is 11.3 Å². The highest BCUT2D eigenvalue weighted by Gasteiger charge is 2.12. The number of methoxy groups -OCH3 is 1. The molecule has 6 nitrogen and oxygen atoms in total. The first-order valence-electron chi connectivity index (χ1n) is 3.54. The third kappa shape index (κ3) is 2.12. The van der Waals surface area contributed by atoms with Gasteiger partial charge in [-0.2, -0.15) is 0 Å². The average molecular weight is 183 g/mol. The van der Waals surface area contributed by atoms with Crippen LogP contribution in [0.15, 0.2) is 12.1 Å². The first-order valence-corrected chi connectivity index (χ1v) is 3.54. The van der Waals surface area contributed by atoms with Gasteiger partial charge in [-0.05, 0) is 6.07 Å². The lowest BCUT2D eigenvalue weighted by molar-refractivity contribution is -0.384. The topological polar surface area (TPSA) is 91.3 Å². The molecule has 0 bridgehead atoms. The molecule has 0 aliphatic heterocycles. The number of hydrogen-bond acceptors (Lipinski definition) is 5. The second-order valence-corrected chi connectivity index (χ2v) is 2.40. The van der Waals surface area contributed by atoms with Gasteiger partial charge >= 0.3 is 5.69 Å². The molecule has 13 heavy (non-hydrogen) atoms. The number of nitro groups is 1. The standard InChI is InChI=1S/C7H9N3O3/c1-13-4-5-2-3-6(10(11)12)7(8)9-5/h2-3H,4H2,1H3,(H2,8,9). The molecular weight excluding hydrogens is 174 g/mol. The Morgan fingerprint density at radius 2 is 2.38 bits per heavy atom. The lowest BCUT2D eigenvalue weighted by atomic mass is 10.3. The van der Waals surface area contributed by atoms with E-state index in [0.717, 1.165) is 0 Å². The van der Waals surface area contributed by atoms with Gasteiger partial charge in [0.1, 0.15) is 0 Å². The van der Waals surface area contributed by atoms with E-state index in [4.69, 9.17) is 10.5 Å². The molecule has 6 heteroatoms. The van der Waals surface area contributed by atoms with E-state index in [0.29, 0.717) is 12.3 Å². The zero-order chi connectivity index (χ0) is 9.84. The highest BCUT2D eigenvalue weighted by Crippen LogP contribution is 2.18. The summed E-state index contributed by atoms with van der Waals surface area (Å²) < 4.78 is 4.80. The van der Waals surface area contributed by atoms with Gasteiger partial charge < -0.3 is 10.5 Å². The maximum absolute atomic E-state index is 10.3. The molecule has 1 heterocycles. The molecule has 1 aromatic heterocycles. The molecule has 0 saturated heterocycles. The van der Waals surface area contributed by atoms with Gasteiger partial charge in [-0.25, -0.2) is 4.98 Å². The SMILES string of the molecule is COCc1ccc([N+](=O)[O-])c(N)n1. The fourth-order valence-corrected chi connectivity index (χ4v) is 0.892. The monoisotopic (exact) mass is 183 g/mol. The molecule has 70 valence electrons. The molecule has 0 aliphatic rings. The van der Waals surface area contributed by atoms with Gasteiger partial charge in [0, 0.05) is 13.2 Å². The Balaban J connectivity index is 2.98. The predicted octanol–water partition coefficient (Wildman–Crippen LogP) is 0.718. The Morgan fingerprint density at radius 3 is 2.85 bits per heavy atom. The van der Waals surface area contributed by atoms with Crippen LogP contribution in [0.1, 0.15) is 5.69 Å². The van der Waals surface area contributed by atoms with Crippen molar-refractivity contribution in [1.29, 1.82) is 0 Å². The summed E-state index contributed by atoms with van der Waals surface area (Å²) in [5, 5.41) is 10.3. The molecule has 0 aromatic carbocycles. The second-order valence-electron chi connectivity index (χ2n) is 2.40. The van der Waals surface area contributed by atoms with Gasteiger partial charge in [-0.15, -0.1) is 0 Å². The lowest BCUT2D eigenvalue weighted by Crippen LogP contribution is -2.01. The van der Waals surface area contributed by atoms with Gasteiger partial charge in [-0.1, -0.05) is 0 Å². The Bertz CT molecular complexity index is 327. The summed E-state index contributed by atoms with van der Waals surface area (Å²) in [4.78, 5) is 13.6. The van der Waals surface area contributed by atoms with Crippen molar-refractivity contribution in [2.24, 2.45) is 0 Å². The minimum absolute atomic E-state index is 0.0837. The third-order valence-corrected chi connectivity index (χ3v) is 1.45. The number of anilines is 1. The van der Waals surface area contributed by atoms with E-state index in [1.165, 1.54) is 19.2 Å². The number of aromatic nitrogens is 1. The van der Waals surface area contributed by atoms with Crippen molar-refractivity contribution in [3.8, 4) is 0 Å². The van der Waals surface area contributed by atoms with E-state index in [9.17, 15) is 10.1 Å². The van der Waals surface area contributed by atoms with Crippen LogP contribution in [0, 0.1) is 10.1 Å². The van der Waals surface area contributed by atoms with Gasteiger partial charge in [-0.3, -0.25) is 10.1 Å². The largest absolute Gasteiger partial charge is 0.378 e. The van der Waals surface area contributed by atoms with Gasteiger partial charge in [0.15, 0.2) is 0 Å². The number of nitrogens with zero attached hydrogens (tertiary/aromatic N) is 2. The Kier molecular flexibility index (Phi) is 2.76. The molecule has 1 rings (SSSR count). The summed E-state index contributed by atoms with van der Waals surface area (Å²) in [6.45, 7) is 0.294. The summed E-state index contributed by atoms with van der Waals surface area (Å²) in [6.07, 6.45) is 0. The fraction of sp³-hybridized carbons (Fsp3) is 0.286. The Hall–Kier alpha value is -1.69. The number of hydrogen-bond donors (Lipinski definition) is 1. The Labute approximate surface area is 74.5 Å². The van der Waals surface area contributed by atoms with Crippen LogP contribution in [0.5, 0.6) is 0 Å². The molecule has 0 saturated carbocycles. The van der Waals surface area contributed by atoms with Crippen molar-refractivity contribution in [1.82, 2.24) is 4.98 Å². The molecule has 0 fully saturated rings. The van der Waals surface area contributed by atoms with E-state index in [2.05, 4.69) is 4.98 Å². The summed E-state index contributed by atoms with van der Waals surface area (Å²) in [5.74, 6) is -0.0837. The van der Waals surface area contributed by atoms with Crippen molar-refractivity contribution in [3.05, 3.63) is 27.9 Å². The maximum Gasteiger partial charge on any atom is 0.311 e. The molecule has 0 unspecified atom stereocenters. The van der Waals surface area contributed by atoms with Crippen LogP contribution in [-0.4, -0.2) is 17.0 Å². The van der Waals surface area contributed by atoms with E-state index in [1.807, 2.05) is 0 Å². The molecule has 1 aromatic rings. The quantitative estimate of drug-likeness (QED) is 0.550. The van der Waals surface area contributed by atoms with Crippen LogP contribution in [0.3, 0.4) is 0 Å². The van der Waals surface area contributed by atoms with Crippen LogP contribution >= 0.6 is 0 Å². The number of nitrogens with two attached hydrogens (primary N) is 1. The van der Waals surface area contributed by atoms with Crippen molar-refractivity contribution in [3.63, 3.8) is 0 Å². The fourth-order valence-electron chi connectivity index (χ4n) is 0.892. The molecular formula is C7H9N3O3. The highest BCUT2D eigenvalue weighted by atomic mass is 16.6.